The van der Waals surface area contributed by atoms with E-state index in [0.29, 0.717) is 17.4 Å². The van der Waals surface area contributed by atoms with E-state index >= 15 is 0 Å². The molecule has 2 unspecified atom stereocenters. The lowest BCUT2D eigenvalue weighted by molar-refractivity contribution is -0.870. The van der Waals surface area contributed by atoms with Crippen LogP contribution in [0.2, 0.25) is 0 Å². The van der Waals surface area contributed by atoms with Crippen LogP contribution in [0, 0.1) is 0 Å². The third-order valence-electron chi connectivity index (χ3n) is 16.1. The molecule has 10 heteroatoms. The summed E-state index contributed by atoms with van der Waals surface area (Å²) in [5.41, 5.74) is 0. The van der Waals surface area contributed by atoms with Gasteiger partial charge in [-0.05, 0) is 83.5 Å². The second kappa shape index (κ2) is 69.0. The third kappa shape index (κ3) is 73.6. The number of esters is 2. The van der Waals surface area contributed by atoms with Crippen LogP contribution in [0.5, 0.6) is 0 Å². The molecule has 514 valence electrons. The van der Waals surface area contributed by atoms with Gasteiger partial charge in [-0.2, -0.15) is 0 Å². The van der Waals surface area contributed by atoms with Crippen LogP contribution in [0.15, 0.2) is 109 Å². The fourth-order valence-corrected chi connectivity index (χ4v) is 11.2. The first kappa shape index (κ1) is 85.7. The smallest absolute Gasteiger partial charge is 0.462 e. The Bertz CT molecular complexity index is 1870. The number of quaternary nitrogens is 1. The van der Waals surface area contributed by atoms with Crippen LogP contribution in [0.4, 0.5) is 0 Å². The molecule has 0 aromatic heterocycles. The number of carbonyl (C=O) groups is 2. The molecule has 89 heavy (non-hydrogen) atoms. The predicted molar refractivity (Wildman–Crippen MR) is 385 cm³/mol. The third-order valence-corrected chi connectivity index (χ3v) is 17.1. The highest BCUT2D eigenvalue weighted by molar-refractivity contribution is 7.47. The van der Waals surface area contributed by atoms with Crippen LogP contribution in [0.3, 0.4) is 0 Å². The molecule has 0 saturated heterocycles. The monoisotopic (exact) mass is 1260 g/mol. The summed E-state index contributed by atoms with van der Waals surface area (Å²) in [5.74, 6) is -0.813. The van der Waals surface area contributed by atoms with Gasteiger partial charge >= 0.3 is 19.8 Å². The minimum Gasteiger partial charge on any atom is -0.462 e. The zero-order valence-corrected chi connectivity index (χ0v) is 59.5. The number of rotatable bonds is 68. The average molecular weight is 1260 g/mol. The zero-order chi connectivity index (χ0) is 64.8. The van der Waals surface area contributed by atoms with Crippen molar-refractivity contribution < 1.29 is 42.1 Å². The van der Waals surface area contributed by atoms with Crippen LogP contribution in [0.1, 0.15) is 328 Å². The Hall–Kier alpha value is -3.33. The van der Waals surface area contributed by atoms with Crippen molar-refractivity contribution in [3.05, 3.63) is 109 Å². The number of phosphoric ester groups is 1. The van der Waals surface area contributed by atoms with Crippen molar-refractivity contribution in [1.82, 2.24) is 0 Å². The highest BCUT2D eigenvalue weighted by atomic mass is 31.2. The minimum atomic E-state index is -4.41. The van der Waals surface area contributed by atoms with Gasteiger partial charge in [0, 0.05) is 12.8 Å². The Kier molecular flexibility index (Phi) is 66.4. The van der Waals surface area contributed by atoms with E-state index in [1.54, 1.807) is 0 Å². The quantitative estimate of drug-likeness (QED) is 0.0211. The molecule has 1 N–H and O–H groups in total. The van der Waals surface area contributed by atoms with E-state index in [1.165, 1.54) is 186 Å². The highest BCUT2D eigenvalue weighted by Crippen LogP contribution is 2.43. The summed E-state index contributed by atoms with van der Waals surface area (Å²) in [6, 6.07) is 0. The lowest BCUT2D eigenvalue weighted by atomic mass is 10.0. The molecule has 0 aliphatic rings. The molecule has 0 bridgehead atoms. The fourth-order valence-electron chi connectivity index (χ4n) is 10.4. The normalized spacial score (nSPS) is 13.7. The van der Waals surface area contributed by atoms with E-state index in [4.69, 9.17) is 18.5 Å². The molecule has 0 saturated carbocycles. The van der Waals surface area contributed by atoms with Gasteiger partial charge < -0.3 is 18.9 Å². The number of carbonyl (C=O) groups excluding carboxylic acids is 2. The second-order valence-corrected chi connectivity index (χ2v) is 27.4. The first-order valence-electron chi connectivity index (χ1n) is 37.1. The maximum Gasteiger partial charge on any atom is 0.472 e. The lowest BCUT2D eigenvalue weighted by Gasteiger charge is -2.24. The number of phosphoric acid groups is 1. The van der Waals surface area contributed by atoms with Crippen molar-refractivity contribution in [2.24, 2.45) is 0 Å². The molecule has 0 aromatic carbocycles. The van der Waals surface area contributed by atoms with E-state index in [0.717, 1.165) is 109 Å². The van der Waals surface area contributed by atoms with Gasteiger partial charge in [0.2, 0.25) is 0 Å². The summed E-state index contributed by atoms with van der Waals surface area (Å²) in [4.78, 5) is 35.9. The summed E-state index contributed by atoms with van der Waals surface area (Å²) in [7, 11) is 1.46. The van der Waals surface area contributed by atoms with Crippen LogP contribution in [-0.2, 0) is 32.7 Å². The maximum atomic E-state index is 12.9. The number of likely N-dealkylation sites (N-methyl/N-ethyl adjacent to an activating group) is 1. The number of hydrogen-bond donors (Lipinski definition) is 1. The fraction of sp³-hybridized carbons (Fsp3) is 0.747. The first-order valence-corrected chi connectivity index (χ1v) is 38.6. The number of nitrogens with zero attached hydrogens (tertiary/aromatic N) is 1. The molecule has 0 fully saturated rings. The molecule has 2 atom stereocenters. The standard InChI is InChI=1S/C79H140NO8P/c1-6-8-10-12-14-16-18-20-22-24-26-28-30-32-34-36-38-40-42-44-46-48-50-52-54-56-58-60-62-64-66-68-70-72-79(82)88-77(76-87-89(83,84)86-74-73-80(3,4)5)75-85-78(81)71-69-67-65-63-61-59-57-55-53-51-49-47-45-43-41-39-37-35-33-31-29-27-25-23-21-19-17-15-13-11-9-7-2/h8,10,14,16,20,22,26,28,32,34,38,40,44,46,50,52,56,58,77H,6-7,9,11-13,15,17-19,21,23-25,27,29-31,33,35-37,39,41-43,45,47-49,51,53-55,57,59-76H2,1-5H3/p+1/b10-8-,16-14-,22-20-,28-26-,34-32-,40-38-,46-44-,52-50-,58-56-. The van der Waals surface area contributed by atoms with Gasteiger partial charge in [-0.1, -0.05) is 342 Å². The largest absolute Gasteiger partial charge is 0.472 e. The van der Waals surface area contributed by atoms with Gasteiger partial charge in [-0.3, -0.25) is 18.6 Å². The molecule has 0 spiro atoms. The first-order chi connectivity index (χ1) is 43.5. The van der Waals surface area contributed by atoms with Crippen LogP contribution < -0.4 is 0 Å². The van der Waals surface area contributed by atoms with Crippen molar-refractivity contribution in [3.8, 4) is 0 Å². The number of allylic oxidation sites excluding steroid dienone is 18. The Balaban J connectivity index is 4.08. The molecule has 0 aliphatic carbocycles. The molecule has 0 amide bonds. The number of unbranched alkanes of at least 4 members (excludes halogenated alkanes) is 36. The van der Waals surface area contributed by atoms with Crippen LogP contribution in [0.25, 0.3) is 0 Å². The van der Waals surface area contributed by atoms with E-state index in [2.05, 4.69) is 123 Å². The molecule has 0 aliphatic heterocycles. The molecule has 0 aromatic rings. The van der Waals surface area contributed by atoms with E-state index in [1.807, 2.05) is 21.1 Å². The van der Waals surface area contributed by atoms with Gasteiger partial charge in [0.05, 0.1) is 27.7 Å². The van der Waals surface area contributed by atoms with Crippen molar-refractivity contribution in [3.63, 3.8) is 0 Å². The summed E-state index contributed by atoms with van der Waals surface area (Å²) in [6.45, 7) is 4.33. The van der Waals surface area contributed by atoms with Gasteiger partial charge in [-0.15, -0.1) is 0 Å². The molecular formula is C79H141NO8P+. The summed E-state index contributed by atoms with van der Waals surface area (Å²) in [6.07, 6.45) is 97.8. The SMILES string of the molecule is CC/C=C\C/C=C\C/C=C\C/C=C\C/C=C\C/C=C\C/C=C\C/C=C\C/C=C\CCCCCCCC(=O)OC(COC(=O)CCCCCCCCCCCCCCCCCCCCCCCCCCCCCCCCCC)COP(=O)(O)OCC[N+](C)(C)C. The van der Waals surface area contributed by atoms with Gasteiger partial charge in [0.1, 0.15) is 19.8 Å². The Morgan fingerprint density at radius 2 is 0.640 bits per heavy atom. The molecule has 0 rings (SSSR count). The van der Waals surface area contributed by atoms with Crippen molar-refractivity contribution in [2.45, 2.75) is 335 Å². The maximum absolute atomic E-state index is 12.9. The highest BCUT2D eigenvalue weighted by Gasteiger charge is 2.27. The zero-order valence-electron chi connectivity index (χ0n) is 58.6. The number of ether oxygens (including phenoxy) is 2. The molecule has 9 nitrogen and oxygen atoms in total. The summed E-state index contributed by atoms with van der Waals surface area (Å²) < 4.78 is 34.7. The molecule has 0 radical (unpaired) electrons. The minimum absolute atomic E-state index is 0.0236. The average Bonchev–Trinajstić information content (AvgIpc) is 3.60. The van der Waals surface area contributed by atoms with E-state index in [-0.39, 0.29) is 32.0 Å². The summed E-state index contributed by atoms with van der Waals surface area (Å²) >= 11 is 0. The van der Waals surface area contributed by atoms with Gasteiger partial charge in [0.15, 0.2) is 6.10 Å². The Morgan fingerprint density at radius 1 is 0.360 bits per heavy atom. The van der Waals surface area contributed by atoms with E-state index < -0.39 is 26.5 Å². The predicted octanol–water partition coefficient (Wildman–Crippen LogP) is 24.4. The van der Waals surface area contributed by atoms with Gasteiger partial charge in [0.25, 0.3) is 0 Å². The van der Waals surface area contributed by atoms with Crippen LogP contribution >= 0.6 is 7.82 Å². The summed E-state index contributed by atoms with van der Waals surface area (Å²) in [5, 5.41) is 0. The molecular weight excluding hydrogens is 1120 g/mol. The second-order valence-electron chi connectivity index (χ2n) is 26.0. The lowest BCUT2D eigenvalue weighted by Crippen LogP contribution is -2.37. The van der Waals surface area contributed by atoms with Gasteiger partial charge in [-0.25, -0.2) is 4.57 Å². The van der Waals surface area contributed by atoms with Crippen molar-refractivity contribution in [2.75, 3.05) is 47.5 Å². The Morgan fingerprint density at radius 3 is 0.955 bits per heavy atom. The van der Waals surface area contributed by atoms with E-state index in [9.17, 15) is 19.0 Å². The van der Waals surface area contributed by atoms with Crippen molar-refractivity contribution >= 4 is 19.8 Å². The Labute approximate surface area is 550 Å². The molecule has 0 heterocycles. The van der Waals surface area contributed by atoms with Crippen LogP contribution in [-0.4, -0.2) is 74.9 Å². The topological polar surface area (TPSA) is 108 Å². The number of hydrogen-bond acceptors (Lipinski definition) is 7. The van der Waals surface area contributed by atoms with Crippen molar-refractivity contribution in [1.29, 1.82) is 0 Å².